The Bertz CT molecular complexity index is 555. The van der Waals surface area contributed by atoms with Gasteiger partial charge in [0.15, 0.2) is 0 Å². The van der Waals surface area contributed by atoms with Gasteiger partial charge >= 0.3 is 0 Å². The number of nitrogens with zero attached hydrogens (tertiary/aromatic N) is 1. The summed E-state index contributed by atoms with van der Waals surface area (Å²) in [6, 6.07) is 6.64. The van der Waals surface area contributed by atoms with Gasteiger partial charge in [-0.15, -0.1) is 0 Å². The summed E-state index contributed by atoms with van der Waals surface area (Å²) in [5.41, 5.74) is 0.924. The van der Waals surface area contributed by atoms with Crippen LogP contribution in [0, 0.1) is 0 Å². The minimum absolute atomic E-state index is 0.0868. The number of hydrogen-bond acceptors (Lipinski definition) is 3. The van der Waals surface area contributed by atoms with Crippen molar-refractivity contribution in [2.24, 2.45) is 0 Å². The molecule has 0 radical (unpaired) electrons. The molecule has 0 saturated carbocycles. The molecule has 1 rings (SSSR count). The third kappa shape index (κ3) is 4.24. The van der Waals surface area contributed by atoms with Crippen LogP contribution in [0.3, 0.4) is 0 Å². The number of nitrogens with one attached hydrogen (secondary N) is 1. The van der Waals surface area contributed by atoms with Gasteiger partial charge in [0, 0.05) is 18.7 Å². The minimum Gasteiger partial charge on any atom is -0.350 e. The number of hydrogen-bond donors (Lipinski definition) is 1. The second kappa shape index (κ2) is 6.06. The van der Waals surface area contributed by atoms with Gasteiger partial charge in [-0.1, -0.05) is 13.0 Å². The molecule has 6 heteroatoms. The van der Waals surface area contributed by atoms with E-state index in [4.69, 9.17) is 0 Å². The second-order valence-electron chi connectivity index (χ2n) is 4.56. The Hall–Kier alpha value is -1.56. The van der Waals surface area contributed by atoms with Crippen molar-refractivity contribution in [3.8, 4) is 0 Å². The summed E-state index contributed by atoms with van der Waals surface area (Å²) in [5.74, 6) is -0.196. The summed E-state index contributed by atoms with van der Waals surface area (Å²) >= 11 is 0. The first-order valence-corrected chi connectivity index (χ1v) is 7.95. The summed E-state index contributed by atoms with van der Waals surface area (Å²) in [6.07, 6.45) is 1.97. The van der Waals surface area contributed by atoms with E-state index in [-0.39, 0.29) is 11.9 Å². The van der Waals surface area contributed by atoms with E-state index in [9.17, 15) is 13.2 Å². The van der Waals surface area contributed by atoms with E-state index in [2.05, 4.69) is 5.32 Å². The SMILES string of the molecule is CC[C@@H](C)NC(=O)c1cccc(N(C)S(C)(=O)=O)c1. The number of rotatable bonds is 5. The van der Waals surface area contributed by atoms with Crippen molar-refractivity contribution in [1.82, 2.24) is 5.32 Å². The summed E-state index contributed by atoms with van der Waals surface area (Å²) in [4.78, 5) is 12.0. The lowest BCUT2D eigenvalue weighted by Gasteiger charge is -2.18. The monoisotopic (exact) mass is 284 g/mol. The fourth-order valence-corrected chi connectivity index (χ4v) is 1.94. The molecule has 0 spiro atoms. The Morgan fingerprint density at radius 3 is 2.58 bits per heavy atom. The highest BCUT2D eigenvalue weighted by Crippen LogP contribution is 2.17. The van der Waals surface area contributed by atoms with Gasteiger partial charge in [-0.2, -0.15) is 0 Å². The van der Waals surface area contributed by atoms with Gasteiger partial charge in [0.1, 0.15) is 0 Å². The summed E-state index contributed by atoms with van der Waals surface area (Å²) in [7, 11) is -1.87. The molecule has 1 aromatic carbocycles. The van der Waals surface area contributed by atoms with Crippen molar-refractivity contribution in [2.45, 2.75) is 26.3 Å². The van der Waals surface area contributed by atoms with Gasteiger partial charge in [-0.05, 0) is 31.5 Å². The number of sulfonamides is 1. The molecule has 1 aromatic rings. The average Bonchev–Trinajstić information content (AvgIpc) is 2.36. The molecule has 19 heavy (non-hydrogen) atoms. The Morgan fingerprint density at radius 2 is 2.05 bits per heavy atom. The zero-order valence-corrected chi connectivity index (χ0v) is 12.5. The van der Waals surface area contributed by atoms with Crippen LogP contribution in [0.2, 0.25) is 0 Å². The van der Waals surface area contributed by atoms with E-state index in [0.717, 1.165) is 17.0 Å². The van der Waals surface area contributed by atoms with E-state index in [1.54, 1.807) is 24.3 Å². The largest absolute Gasteiger partial charge is 0.350 e. The lowest BCUT2D eigenvalue weighted by Crippen LogP contribution is -2.32. The quantitative estimate of drug-likeness (QED) is 0.893. The molecule has 1 atom stereocenters. The van der Waals surface area contributed by atoms with Crippen LogP contribution >= 0.6 is 0 Å². The van der Waals surface area contributed by atoms with E-state index >= 15 is 0 Å². The minimum atomic E-state index is -3.32. The van der Waals surface area contributed by atoms with Crippen LogP contribution in [0.15, 0.2) is 24.3 Å². The molecule has 1 amide bonds. The normalized spacial score (nSPS) is 12.8. The van der Waals surface area contributed by atoms with Crippen LogP contribution in [-0.2, 0) is 10.0 Å². The van der Waals surface area contributed by atoms with E-state index in [0.29, 0.717) is 11.3 Å². The lowest BCUT2D eigenvalue weighted by atomic mass is 10.1. The Balaban J connectivity index is 2.98. The van der Waals surface area contributed by atoms with Gasteiger partial charge in [-0.25, -0.2) is 8.42 Å². The molecule has 0 heterocycles. The summed E-state index contributed by atoms with van der Waals surface area (Å²) in [5, 5.41) is 2.84. The van der Waals surface area contributed by atoms with Gasteiger partial charge in [0.05, 0.1) is 11.9 Å². The molecule has 0 aliphatic rings. The highest BCUT2D eigenvalue weighted by Gasteiger charge is 2.14. The molecule has 0 bridgehead atoms. The first kappa shape index (κ1) is 15.5. The average molecular weight is 284 g/mol. The highest BCUT2D eigenvalue weighted by molar-refractivity contribution is 7.92. The van der Waals surface area contributed by atoms with Crippen LogP contribution < -0.4 is 9.62 Å². The molecule has 0 unspecified atom stereocenters. The van der Waals surface area contributed by atoms with Crippen molar-refractivity contribution >= 4 is 21.6 Å². The molecular formula is C13H20N2O3S. The van der Waals surface area contributed by atoms with Gasteiger partial charge < -0.3 is 5.32 Å². The van der Waals surface area contributed by atoms with Crippen LogP contribution in [0.5, 0.6) is 0 Å². The van der Waals surface area contributed by atoms with Gasteiger partial charge in [-0.3, -0.25) is 9.10 Å². The molecule has 0 saturated heterocycles. The maximum absolute atomic E-state index is 12.0. The lowest BCUT2D eigenvalue weighted by molar-refractivity contribution is 0.0939. The topological polar surface area (TPSA) is 66.5 Å². The predicted octanol–water partition coefficient (Wildman–Crippen LogP) is 1.61. The Kier molecular flexibility index (Phi) is 4.94. The first-order valence-electron chi connectivity index (χ1n) is 6.10. The van der Waals surface area contributed by atoms with Gasteiger partial charge in [0.2, 0.25) is 10.0 Å². The number of benzene rings is 1. The number of carbonyl (C=O) groups excluding carboxylic acids is 1. The predicted molar refractivity (Wildman–Crippen MR) is 76.9 cm³/mol. The highest BCUT2D eigenvalue weighted by atomic mass is 32.2. The molecular weight excluding hydrogens is 264 g/mol. The Morgan fingerprint density at radius 1 is 1.42 bits per heavy atom. The molecule has 106 valence electrons. The van der Waals surface area contributed by atoms with Gasteiger partial charge in [0.25, 0.3) is 5.91 Å². The molecule has 0 aliphatic carbocycles. The molecule has 0 fully saturated rings. The van der Waals surface area contributed by atoms with E-state index < -0.39 is 10.0 Å². The third-order valence-electron chi connectivity index (χ3n) is 2.96. The third-order valence-corrected chi connectivity index (χ3v) is 4.17. The first-order chi connectivity index (χ1) is 8.75. The maximum atomic E-state index is 12.0. The van der Waals surface area contributed by atoms with Crippen molar-refractivity contribution < 1.29 is 13.2 Å². The van der Waals surface area contributed by atoms with Crippen LogP contribution in [0.25, 0.3) is 0 Å². The van der Waals surface area contributed by atoms with Crippen molar-refractivity contribution in [3.05, 3.63) is 29.8 Å². The fraction of sp³-hybridized carbons (Fsp3) is 0.462. The fourth-order valence-electron chi connectivity index (χ4n) is 1.44. The summed E-state index contributed by atoms with van der Waals surface area (Å²) in [6.45, 7) is 3.91. The van der Waals surface area contributed by atoms with Crippen molar-refractivity contribution in [3.63, 3.8) is 0 Å². The number of anilines is 1. The standard InChI is InChI=1S/C13H20N2O3S/c1-5-10(2)14-13(16)11-7-6-8-12(9-11)15(3)19(4,17)18/h6-10H,5H2,1-4H3,(H,14,16)/t10-/m1/s1. The van der Waals surface area contributed by atoms with Crippen molar-refractivity contribution in [1.29, 1.82) is 0 Å². The van der Waals surface area contributed by atoms with Crippen LogP contribution in [-0.4, -0.2) is 33.7 Å². The van der Waals surface area contributed by atoms with Crippen molar-refractivity contribution in [2.75, 3.05) is 17.6 Å². The molecule has 5 nitrogen and oxygen atoms in total. The molecule has 0 aromatic heterocycles. The second-order valence-corrected chi connectivity index (χ2v) is 6.58. The number of amides is 1. The zero-order chi connectivity index (χ0) is 14.6. The number of carbonyl (C=O) groups is 1. The van der Waals surface area contributed by atoms with E-state index in [1.165, 1.54) is 7.05 Å². The van der Waals surface area contributed by atoms with E-state index in [1.807, 2.05) is 13.8 Å². The maximum Gasteiger partial charge on any atom is 0.251 e. The van der Waals surface area contributed by atoms with Crippen LogP contribution in [0.4, 0.5) is 5.69 Å². The van der Waals surface area contributed by atoms with Crippen LogP contribution in [0.1, 0.15) is 30.6 Å². The molecule has 0 aliphatic heterocycles. The zero-order valence-electron chi connectivity index (χ0n) is 11.7. The summed E-state index contributed by atoms with van der Waals surface area (Å²) < 4.78 is 24.1. The Labute approximate surface area is 114 Å². The smallest absolute Gasteiger partial charge is 0.251 e. The molecule has 1 N–H and O–H groups in total.